The van der Waals surface area contributed by atoms with E-state index in [0.29, 0.717) is 12.6 Å². The number of hydrogen-bond acceptors (Lipinski definition) is 3. The fourth-order valence-electron chi connectivity index (χ4n) is 2.15. The van der Waals surface area contributed by atoms with Gasteiger partial charge in [0.1, 0.15) is 0 Å². The number of rotatable bonds is 8. The van der Waals surface area contributed by atoms with Gasteiger partial charge in [-0.3, -0.25) is 0 Å². The first-order chi connectivity index (χ1) is 8.74. The van der Waals surface area contributed by atoms with Gasteiger partial charge in [0.05, 0.1) is 6.61 Å². The fourth-order valence-corrected chi connectivity index (χ4v) is 2.15. The van der Waals surface area contributed by atoms with Gasteiger partial charge in [0.2, 0.25) is 0 Å². The molecule has 0 aliphatic carbocycles. The van der Waals surface area contributed by atoms with Gasteiger partial charge in [0.15, 0.2) is 0 Å². The first-order valence-electron chi connectivity index (χ1n) is 6.78. The summed E-state index contributed by atoms with van der Waals surface area (Å²) in [7, 11) is 1.75. The van der Waals surface area contributed by atoms with Gasteiger partial charge in [-0.25, -0.2) is 0 Å². The van der Waals surface area contributed by atoms with E-state index in [-0.39, 0.29) is 0 Å². The number of methoxy groups -OCH3 is 1. The van der Waals surface area contributed by atoms with E-state index in [1.165, 1.54) is 11.3 Å². The van der Waals surface area contributed by atoms with Gasteiger partial charge >= 0.3 is 0 Å². The maximum absolute atomic E-state index is 5.70. The number of hydrogen-bond donors (Lipinski definition) is 1. The van der Waals surface area contributed by atoms with Gasteiger partial charge in [-0.1, -0.05) is 25.1 Å². The summed E-state index contributed by atoms with van der Waals surface area (Å²) in [6.45, 7) is 6.84. The molecule has 0 heterocycles. The Labute approximate surface area is 111 Å². The van der Waals surface area contributed by atoms with Gasteiger partial charge in [0.25, 0.3) is 0 Å². The Bertz CT molecular complexity index is 341. The lowest BCUT2D eigenvalue weighted by atomic mass is 10.1. The van der Waals surface area contributed by atoms with E-state index >= 15 is 0 Å². The molecule has 0 saturated carbocycles. The van der Waals surface area contributed by atoms with Crippen LogP contribution in [0.2, 0.25) is 0 Å². The summed E-state index contributed by atoms with van der Waals surface area (Å²) in [5.74, 6) is 0. The number of benzene rings is 1. The molecule has 1 atom stereocenters. The first kappa shape index (κ1) is 15.0. The van der Waals surface area contributed by atoms with Gasteiger partial charge in [0, 0.05) is 25.4 Å². The molecule has 1 aromatic carbocycles. The lowest BCUT2D eigenvalue weighted by Gasteiger charge is -2.32. The lowest BCUT2D eigenvalue weighted by Crippen LogP contribution is -2.36. The summed E-state index contributed by atoms with van der Waals surface area (Å²) in [6.07, 6.45) is 2.05. The minimum absolute atomic E-state index is 0.513. The van der Waals surface area contributed by atoms with E-state index in [0.717, 1.165) is 26.0 Å². The predicted molar refractivity (Wildman–Crippen MR) is 78.2 cm³/mol. The largest absolute Gasteiger partial charge is 0.383 e. The Morgan fingerprint density at radius 3 is 2.67 bits per heavy atom. The SMILES string of the molecule is CCC(C)N(CCOC)c1ccccc1CCN. The zero-order valence-electron chi connectivity index (χ0n) is 11.9. The minimum Gasteiger partial charge on any atom is -0.383 e. The van der Waals surface area contributed by atoms with Crippen LogP contribution in [0.1, 0.15) is 25.8 Å². The Morgan fingerprint density at radius 2 is 2.06 bits per heavy atom. The highest BCUT2D eigenvalue weighted by atomic mass is 16.5. The topological polar surface area (TPSA) is 38.5 Å². The molecule has 2 N–H and O–H groups in total. The molecule has 0 aliphatic heterocycles. The summed E-state index contributed by atoms with van der Waals surface area (Å²) >= 11 is 0. The molecule has 0 bridgehead atoms. The average Bonchev–Trinajstić information content (AvgIpc) is 2.40. The molecule has 1 rings (SSSR count). The van der Waals surface area contributed by atoms with Crippen LogP contribution in [0.5, 0.6) is 0 Å². The number of anilines is 1. The highest BCUT2D eigenvalue weighted by molar-refractivity contribution is 5.54. The van der Waals surface area contributed by atoms with Crippen LogP contribution in [0, 0.1) is 0 Å². The molecule has 18 heavy (non-hydrogen) atoms. The Hall–Kier alpha value is -1.06. The molecule has 0 saturated heterocycles. The third-order valence-electron chi connectivity index (χ3n) is 3.37. The van der Waals surface area contributed by atoms with Crippen molar-refractivity contribution in [1.29, 1.82) is 0 Å². The van der Waals surface area contributed by atoms with Crippen LogP contribution < -0.4 is 10.6 Å². The van der Waals surface area contributed by atoms with Crippen molar-refractivity contribution in [2.75, 3.05) is 31.7 Å². The summed E-state index contributed by atoms with van der Waals surface area (Å²) < 4.78 is 5.22. The number of nitrogens with two attached hydrogens (primary N) is 1. The summed E-state index contributed by atoms with van der Waals surface area (Å²) in [4.78, 5) is 2.43. The van der Waals surface area contributed by atoms with Crippen LogP contribution in [0.15, 0.2) is 24.3 Å². The zero-order chi connectivity index (χ0) is 13.4. The highest BCUT2D eigenvalue weighted by Crippen LogP contribution is 2.23. The smallest absolute Gasteiger partial charge is 0.0637 e. The van der Waals surface area contributed by atoms with Gasteiger partial charge in [-0.05, 0) is 37.9 Å². The van der Waals surface area contributed by atoms with Crippen LogP contribution >= 0.6 is 0 Å². The molecule has 0 fully saturated rings. The van der Waals surface area contributed by atoms with E-state index in [1.54, 1.807) is 7.11 Å². The van der Waals surface area contributed by atoms with Crippen molar-refractivity contribution in [3.63, 3.8) is 0 Å². The first-order valence-corrected chi connectivity index (χ1v) is 6.78. The number of ether oxygens (including phenoxy) is 1. The van der Waals surface area contributed by atoms with E-state index in [9.17, 15) is 0 Å². The Balaban J connectivity index is 2.95. The molecule has 3 nitrogen and oxygen atoms in total. The highest BCUT2D eigenvalue weighted by Gasteiger charge is 2.15. The summed E-state index contributed by atoms with van der Waals surface area (Å²) in [6, 6.07) is 9.05. The van der Waals surface area contributed by atoms with E-state index in [2.05, 4.69) is 43.0 Å². The lowest BCUT2D eigenvalue weighted by molar-refractivity contribution is 0.203. The third-order valence-corrected chi connectivity index (χ3v) is 3.37. The molecule has 0 amide bonds. The van der Waals surface area contributed by atoms with Crippen LogP contribution in [0.25, 0.3) is 0 Å². The molecule has 0 aliphatic rings. The molecule has 3 heteroatoms. The van der Waals surface area contributed by atoms with Crippen molar-refractivity contribution in [2.24, 2.45) is 5.73 Å². The molecule has 102 valence electrons. The fraction of sp³-hybridized carbons (Fsp3) is 0.600. The van der Waals surface area contributed by atoms with Crippen molar-refractivity contribution in [1.82, 2.24) is 0 Å². The van der Waals surface area contributed by atoms with Gasteiger partial charge in [-0.15, -0.1) is 0 Å². The standard InChI is InChI=1S/C15H26N2O/c1-4-13(2)17(11-12-18-3)15-8-6-5-7-14(15)9-10-16/h5-8,13H,4,9-12,16H2,1-3H3. The second-order valence-corrected chi connectivity index (χ2v) is 4.61. The monoisotopic (exact) mass is 250 g/mol. The van der Waals surface area contributed by atoms with Gasteiger partial charge in [-0.2, -0.15) is 0 Å². The van der Waals surface area contributed by atoms with E-state index < -0.39 is 0 Å². The number of para-hydroxylation sites is 1. The predicted octanol–water partition coefficient (Wildman–Crippen LogP) is 2.44. The Kier molecular flexibility index (Phi) is 6.76. The van der Waals surface area contributed by atoms with Crippen LogP contribution in [0.4, 0.5) is 5.69 Å². The maximum Gasteiger partial charge on any atom is 0.0637 e. The molecule has 1 aromatic rings. The quantitative estimate of drug-likeness (QED) is 0.770. The summed E-state index contributed by atoms with van der Waals surface area (Å²) in [5, 5.41) is 0. The molecular formula is C15H26N2O. The molecule has 0 spiro atoms. The second kappa shape index (κ2) is 8.11. The van der Waals surface area contributed by atoms with E-state index in [4.69, 9.17) is 10.5 Å². The van der Waals surface area contributed by atoms with Crippen molar-refractivity contribution < 1.29 is 4.74 Å². The van der Waals surface area contributed by atoms with Crippen LogP contribution in [0.3, 0.4) is 0 Å². The van der Waals surface area contributed by atoms with Crippen molar-refractivity contribution in [3.05, 3.63) is 29.8 Å². The summed E-state index contributed by atoms with van der Waals surface area (Å²) in [5.41, 5.74) is 8.33. The minimum atomic E-state index is 0.513. The van der Waals surface area contributed by atoms with Crippen molar-refractivity contribution in [3.8, 4) is 0 Å². The normalized spacial score (nSPS) is 12.4. The average molecular weight is 250 g/mol. The Morgan fingerprint density at radius 1 is 1.33 bits per heavy atom. The molecule has 0 radical (unpaired) electrons. The second-order valence-electron chi connectivity index (χ2n) is 4.61. The van der Waals surface area contributed by atoms with Crippen molar-refractivity contribution in [2.45, 2.75) is 32.7 Å². The number of nitrogens with zero attached hydrogens (tertiary/aromatic N) is 1. The van der Waals surface area contributed by atoms with Crippen molar-refractivity contribution >= 4 is 5.69 Å². The van der Waals surface area contributed by atoms with Crippen LogP contribution in [-0.4, -0.2) is 32.8 Å². The molecule has 1 unspecified atom stereocenters. The van der Waals surface area contributed by atoms with Crippen LogP contribution in [-0.2, 0) is 11.2 Å². The molecule has 0 aromatic heterocycles. The third kappa shape index (κ3) is 4.00. The van der Waals surface area contributed by atoms with Gasteiger partial charge < -0.3 is 15.4 Å². The van der Waals surface area contributed by atoms with E-state index in [1.807, 2.05) is 0 Å². The zero-order valence-corrected chi connectivity index (χ0v) is 11.9. The maximum atomic E-state index is 5.70. The molecular weight excluding hydrogens is 224 g/mol.